The molecule has 0 aromatic heterocycles. The van der Waals surface area contributed by atoms with Gasteiger partial charge in [0.2, 0.25) is 11.7 Å². The number of alkyl halides is 3. The molecule has 3 heterocycles. The minimum Gasteiger partial charge on any atom is -0.461 e. The lowest BCUT2D eigenvalue weighted by atomic mass is 10.0. The van der Waals surface area contributed by atoms with Crippen LogP contribution < -0.4 is 5.30 Å². The van der Waals surface area contributed by atoms with Crippen molar-refractivity contribution in [1.82, 2.24) is 0 Å². The van der Waals surface area contributed by atoms with Gasteiger partial charge in [-0.25, -0.2) is 0 Å². The molecule has 1 aromatic carbocycles. The second-order valence-corrected chi connectivity index (χ2v) is 13.5. The van der Waals surface area contributed by atoms with Crippen molar-refractivity contribution < 1.29 is 32.8 Å². The summed E-state index contributed by atoms with van der Waals surface area (Å²) < 4.78 is 48.3. The molecule has 0 saturated carbocycles. The molecule has 178 valence electrons. The van der Waals surface area contributed by atoms with Crippen LogP contribution in [0.5, 0.6) is 0 Å². The van der Waals surface area contributed by atoms with Crippen molar-refractivity contribution in [2.45, 2.75) is 73.3 Å². The Morgan fingerprint density at radius 2 is 1.66 bits per heavy atom. The minimum absolute atomic E-state index is 0.217. The fourth-order valence-corrected chi connectivity index (χ4v) is 6.85. The Hall–Kier alpha value is -0.410. The van der Waals surface area contributed by atoms with E-state index in [1.54, 1.807) is 58.0 Å². The van der Waals surface area contributed by atoms with Gasteiger partial charge >= 0.3 is 0 Å². The molecule has 0 radical (unpaired) electrons. The van der Waals surface area contributed by atoms with Gasteiger partial charge in [0.05, 0.1) is 6.61 Å². The van der Waals surface area contributed by atoms with E-state index in [0.717, 1.165) is 0 Å². The Morgan fingerprint density at radius 3 is 2.22 bits per heavy atom. The first kappa shape index (κ1) is 24.7. The zero-order valence-electron chi connectivity index (χ0n) is 17.9. The molecule has 4 rings (SSSR count). The zero-order chi connectivity index (χ0) is 23.5. The summed E-state index contributed by atoms with van der Waals surface area (Å²) in [5.41, 5.74) is 0. The lowest BCUT2D eigenvalue weighted by molar-refractivity contribution is -0.174. The highest BCUT2D eigenvalue weighted by molar-refractivity contribution is 7.67. The van der Waals surface area contributed by atoms with E-state index in [-0.39, 0.29) is 6.61 Å². The Morgan fingerprint density at radius 1 is 1.03 bits per heavy atom. The number of ether oxygens (including phenoxy) is 5. The number of rotatable bonds is 3. The quantitative estimate of drug-likeness (QED) is 0.270. The van der Waals surface area contributed by atoms with E-state index in [4.69, 9.17) is 68.4 Å². The number of hydrogen-bond donors (Lipinski definition) is 1. The van der Waals surface area contributed by atoms with Crippen molar-refractivity contribution in [2.24, 2.45) is 0 Å². The van der Waals surface area contributed by atoms with Gasteiger partial charge in [-0.05, 0) is 39.8 Å². The first-order valence-electron chi connectivity index (χ1n) is 10.1. The second kappa shape index (κ2) is 8.36. The summed E-state index contributed by atoms with van der Waals surface area (Å²) in [6.07, 6.45) is -2.99. The van der Waals surface area contributed by atoms with Crippen LogP contribution in [0, 0.1) is 5.41 Å². The van der Waals surface area contributed by atoms with E-state index >= 15 is 0 Å². The molecule has 32 heavy (non-hydrogen) atoms. The van der Waals surface area contributed by atoms with Crippen LogP contribution in [-0.2, 0) is 32.8 Å². The lowest BCUT2D eigenvalue weighted by Crippen LogP contribution is -2.56. The molecule has 0 amide bonds. The monoisotopic (exact) mass is 527 g/mol. The van der Waals surface area contributed by atoms with Crippen LogP contribution in [0.15, 0.2) is 30.3 Å². The predicted molar refractivity (Wildman–Crippen MR) is 120 cm³/mol. The van der Waals surface area contributed by atoms with Crippen molar-refractivity contribution >= 4 is 53.4 Å². The largest absolute Gasteiger partial charge is 0.461 e. The molecular weight excluding hydrogens is 504 g/mol. The summed E-state index contributed by atoms with van der Waals surface area (Å²) in [5.74, 6) is -3.85. The van der Waals surface area contributed by atoms with Crippen LogP contribution in [0.25, 0.3) is 0 Å². The minimum atomic E-state index is -3.86. The maximum absolute atomic E-state index is 14.5. The van der Waals surface area contributed by atoms with Crippen LogP contribution in [0.2, 0.25) is 0 Å². The molecule has 3 fully saturated rings. The normalized spacial score (nSPS) is 38.3. The van der Waals surface area contributed by atoms with E-state index in [9.17, 15) is 4.57 Å². The van der Waals surface area contributed by atoms with Crippen molar-refractivity contribution in [1.29, 1.82) is 5.41 Å². The molecule has 1 N–H and O–H groups in total. The van der Waals surface area contributed by atoms with Crippen molar-refractivity contribution in [3.8, 4) is 0 Å². The molecule has 3 aliphatic heterocycles. The second-order valence-electron chi connectivity index (χ2n) is 8.77. The Kier molecular flexibility index (Phi) is 6.46. The third-order valence-electron chi connectivity index (χ3n) is 5.39. The van der Waals surface area contributed by atoms with E-state index in [0.29, 0.717) is 5.30 Å². The SMILES string of the molecule is CC1(C)O[C@H]2[C@@H]([C@H]3COC(C)(C)O3)O[P@@](=O)(c3ccccc3)[C@@H](OC(=N)C(Cl)(Cl)Cl)[C@H]2O1. The first-order chi connectivity index (χ1) is 14.7. The molecular formula is C20H25Cl3NO7P. The third kappa shape index (κ3) is 4.72. The van der Waals surface area contributed by atoms with Gasteiger partial charge in [0, 0.05) is 5.30 Å². The highest BCUT2D eigenvalue weighted by atomic mass is 35.6. The lowest BCUT2D eigenvalue weighted by Gasteiger charge is -2.43. The van der Waals surface area contributed by atoms with Crippen LogP contribution in [0.1, 0.15) is 27.7 Å². The molecule has 0 bridgehead atoms. The van der Waals surface area contributed by atoms with Gasteiger partial charge in [0.1, 0.15) is 24.4 Å². The molecule has 0 spiro atoms. The Balaban J connectivity index is 1.78. The summed E-state index contributed by atoms with van der Waals surface area (Å²) >= 11 is 17.5. The molecule has 1 aromatic rings. The maximum atomic E-state index is 14.5. The molecule has 3 saturated heterocycles. The van der Waals surface area contributed by atoms with Gasteiger partial charge < -0.3 is 28.2 Å². The summed E-state index contributed by atoms with van der Waals surface area (Å²) in [6.45, 7) is 7.24. The molecule has 12 heteroatoms. The number of benzene rings is 1. The van der Waals surface area contributed by atoms with Crippen LogP contribution in [-0.4, -0.2) is 58.1 Å². The fraction of sp³-hybridized carbons (Fsp3) is 0.650. The van der Waals surface area contributed by atoms with Crippen LogP contribution in [0.4, 0.5) is 0 Å². The number of nitrogens with one attached hydrogen (secondary N) is 1. The molecule has 3 aliphatic rings. The Labute approximate surface area is 201 Å². The summed E-state index contributed by atoms with van der Waals surface area (Å²) in [6, 6.07) is 8.55. The van der Waals surface area contributed by atoms with E-state index < -0.39 is 58.9 Å². The van der Waals surface area contributed by atoms with Gasteiger partial charge in [-0.1, -0.05) is 53.0 Å². The summed E-state index contributed by atoms with van der Waals surface area (Å²) in [7, 11) is -3.86. The Bertz CT molecular complexity index is 924. The van der Waals surface area contributed by atoms with Crippen LogP contribution in [0.3, 0.4) is 0 Å². The molecule has 8 nitrogen and oxygen atoms in total. The van der Waals surface area contributed by atoms with E-state index in [1.165, 1.54) is 0 Å². The average molecular weight is 529 g/mol. The van der Waals surface area contributed by atoms with Crippen molar-refractivity contribution in [2.75, 3.05) is 6.61 Å². The first-order valence-corrected chi connectivity index (χ1v) is 12.9. The molecule has 0 aliphatic carbocycles. The highest BCUT2D eigenvalue weighted by Gasteiger charge is 2.64. The smallest absolute Gasteiger partial charge is 0.274 e. The van der Waals surface area contributed by atoms with Gasteiger partial charge in [0.25, 0.3) is 11.2 Å². The number of fused-ring (bicyclic) bond motifs is 1. The predicted octanol–water partition coefficient (Wildman–Crippen LogP) is 4.35. The van der Waals surface area contributed by atoms with Crippen LogP contribution >= 0.6 is 42.2 Å². The summed E-state index contributed by atoms with van der Waals surface area (Å²) in [5, 5.41) is 8.47. The standard InChI is InChI=1S/C20H25Cl3NO7P/c1-18(2)26-10-12(28-18)13-14-15(30-19(3,4)29-14)16(27-17(24)20(21,22)23)32(25,31-13)11-8-6-5-7-9-11/h5-9,12-16,24H,10H2,1-4H3/t12-,13-,14+,15+,16-,32+/m1/s1. The molecule has 6 atom stereocenters. The van der Waals surface area contributed by atoms with E-state index in [2.05, 4.69) is 0 Å². The third-order valence-corrected chi connectivity index (χ3v) is 8.55. The average Bonchev–Trinajstić information content (AvgIpc) is 3.21. The van der Waals surface area contributed by atoms with Gasteiger partial charge in [-0.2, -0.15) is 0 Å². The maximum Gasteiger partial charge on any atom is 0.274 e. The van der Waals surface area contributed by atoms with Gasteiger partial charge in [-0.3, -0.25) is 9.97 Å². The summed E-state index contributed by atoms with van der Waals surface area (Å²) in [4.78, 5) is 0. The number of halogens is 3. The van der Waals surface area contributed by atoms with Crippen molar-refractivity contribution in [3.05, 3.63) is 30.3 Å². The fourth-order valence-electron chi connectivity index (χ4n) is 4.11. The number of hydrogen-bond acceptors (Lipinski definition) is 8. The van der Waals surface area contributed by atoms with E-state index in [1.807, 2.05) is 0 Å². The van der Waals surface area contributed by atoms with Gasteiger partial charge in [-0.15, -0.1) is 0 Å². The zero-order valence-corrected chi connectivity index (χ0v) is 21.1. The highest BCUT2D eigenvalue weighted by Crippen LogP contribution is 2.61. The van der Waals surface area contributed by atoms with Crippen molar-refractivity contribution in [3.63, 3.8) is 0 Å². The topological polar surface area (TPSA) is 96.3 Å². The molecule has 0 unspecified atom stereocenters. The van der Waals surface area contributed by atoms with Gasteiger partial charge in [0.15, 0.2) is 11.6 Å².